The molecule has 218 valence electrons. The molecule has 5 atom stereocenters. The molecule has 0 bridgehead atoms. The number of carbonyl (C=O) groups excluding carboxylic acids is 2. The van der Waals surface area contributed by atoms with Crippen molar-refractivity contribution >= 4 is 39.3 Å². The molecule has 5 rings (SSSR count). The Morgan fingerprint density at radius 1 is 1.17 bits per heavy atom. The molecule has 0 radical (unpaired) electrons. The van der Waals surface area contributed by atoms with Gasteiger partial charge in [0.05, 0.1) is 0 Å². The van der Waals surface area contributed by atoms with E-state index in [-0.39, 0.29) is 30.4 Å². The Kier molecular flexibility index (Phi) is 8.38. The van der Waals surface area contributed by atoms with Gasteiger partial charge < -0.3 is 10.2 Å². The van der Waals surface area contributed by atoms with Crippen molar-refractivity contribution in [2.24, 2.45) is 11.1 Å². The van der Waals surface area contributed by atoms with Crippen LogP contribution in [0.15, 0.2) is 73.1 Å². The minimum Gasteiger partial charge on any atom is -0.325 e. The lowest BCUT2D eigenvalue weighted by Crippen LogP contribution is -2.58. The van der Waals surface area contributed by atoms with Crippen LogP contribution in [0.3, 0.4) is 0 Å². The summed E-state index contributed by atoms with van der Waals surface area (Å²) in [6.45, 7) is 3.22. The molecule has 15 heteroatoms. The van der Waals surface area contributed by atoms with Gasteiger partial charge in [-0.2, -0.15) is 12.7 Å². The van der Waals surface area contributed by atoms with E-state index in [0.717, 1.165) is 0 Å². The number of aromatic nitrogens is 4. The summed E-state index contributed by atoms with van der Waals surface area (Å²) in [6, 6.07) is 7.85. The van der Waals surface area contributed by atoms with E-state index in [0.29, 0.717) is 31.7 Å². The van der Waals surface area contributed by atoms with Crippen molar-refractivity contribution in [1.82, 2.24) is 34.3 Å². The molecule has 2 fully saturated rings. The molecule has 13 nitrogen and oxygen atoms in total. The molecule has 2 amide bonds. The van der Waals surface area contributed by atoms with Crippen LogP contribution in [0.25, 0.3) is 0 Å². The number of tetrazole rings is 1. The fourth-order valence-corrected chi connectivity index (χ4v) is 6.85. The lowest BCUT2D eigenvalue weighted by atomic mass is 9.94. The number of rotatable bonds is 7. The van der Waals surface area contributed by atoms with Crippen LogP contribution in [0.5, 0.6) is 0 Å². The van der Waals surface area contributed by atoms with E-state index in [1.54, 1.807) is 42.2 Å². The largest absolute Gasteiger partial charge is 0.325 e. The highest BCUT2D eigenvalue weighted by Gasteiger charge is 2.44. The average Bonchev–Trinajstić information content (AvgIpc) is 3.64. The number of amides is 2. The number of anilines is 1. The van der Waals surface area contributed by atoms with E-state index in [2.05, 4.69) is 25.7 Å². The summed E-state index contributed by atoms with van der Waals surface area (Å²) in [6.07, 6.45) is 12.1. The van der Waals surface area contributed by atoms with Crippen LogP contribution < -0.4 is 10.5 Å². The highest BCUT2D eigenvalue weighted by molar-refractivity contribution is 7.86. The first-order valence-electron chi connectivity index (χ1n) is 13.2. The Morgan fingerprint density at radius 3 is 2.63 bits per heavy atom. The molecule has 3 N–H and O–H groups in total. The van der Waals surface area contributed by atoms with Gasteiger partial charge in [-0.15, -0.1) is 5.10 Å². The maximum absolute atomic E-state index is 13.6. The Balaban J connectivity index is 1.35. The second-order valence-electron chi connectivity index (χ2n) is 10.4. The van der Waals surface area contributed by atoms with Gasteiger partial charge in [-0.3, -0.25) is 14.5 Å². The molecular weight excluding hydrogens is 570 g/mol. The molecule has 2 aromatic rings. The third kappa shape index (κ3) is 6.26. The number of allylic oxidation sites excluding steroid dienone is 5. The van der Waals surface area contributed by atoms with Crippen molar-refractivity contribution < 1.29 is 18.0 Å². The number of para-hydroxylation sites is 1. The highest BCUT2D eigenvalue weighted by Crippen LogP contribution is 2.36. The van der Waals surface area contributed by atoms with Crippen molar-refractivity contribution in [3.63, 3.8) is 0 Å². The number of nitrogens with one attached hydrogen (secondary N) is 1. The monoisotopic (exact) mass is 601 g/mol. The first-order chi connectivity index (χ1) is 19.6. The second-order valence-corrected chi connectivity index (χ2v) is 12.5. The van der Waals surface area contributed by atoms with E-state index in [4.69, 9.17) is 16.7 Å². The Labute approximate surface area is 243 Å². The smallest absolute Gasteiger partial charge is 0.277 e. The number of benzene rings is 1. The van der Waals surface area contributed by atoms with Gasteiger partial charge in [0, 0.05) is 49.9 Å². The van der Waals surface area contributed by atoms with E-state index in [9.17, 15) is 18.0 Å². The van der Waals surface area contributed by atoms with Crippen LogP contribution in [0.4, 0.5) is 5.69 Å². The standard InChI is InChI=1S/C26H32ClN9O4S/c1-19-16-33(13-14-35(19)41(28,39)40)22-15-23(25(38)30-21-8-3-2-4-9-21)34(17-22)24(37)11-10-20-7-5-6-12-26(20,27)36-18-29-31-32-36/h2-12,18-20,22-23H,13-17H2,1H3,(H,30,38)(H2,28,39,40)/b11-10+/t19-,20?,22-,23-,26?/m0/s1. The predicted molar refractivity (Wildman–Crippen MR) is 152 cm³/mol. The number of nitrogens with zero attached hydrogens (tertiary/aromatic N) is 7. The zero-order valence-electron chi connectivity index (χ0n) is 22.4. The summed E-state index contributed by atoms with van der Waals surface area (Å²) in [5.41, 5.74) is 0.631. The third-order valence-electron chi connectivity index (χ3n) is 7.72. The second kappa shape index (κ2) is 11.8. The molecule has 1 aromatic heterocycles. The minimum atomic E-state index is -3.82. The fourth-order valence-electron chi connectivity index (χ4n) is 5.65. The molecule has 2 saturated heterocycles. The number of hydrogen-bond acceptors (Lipinski definition) is 8. The van der Waals surface area contributed by atoms with Gasteiger partial charge in [-0.25, -0.2) is 9.82 Å². The van der Waals surface area contributed by atoms with Gasteiger partial charge in [0.25, 0.3) is 10.2 Å². The molecule has 3 aliphatic rings. The minimum absolute atomic E-state index is 0.144. The van der Waals surface area contributed by atoms with E-state index >= 15 is 0 Å². The summed E-state index contributed by atoms with van der Waals surface area (Å²) < 4.78 is 26.6. The summed E-state index contributed by atoms with van der Waals surface area (Å²) in [5, 5.41) is 19.6. The maximum Gasteiger partial charge on any atom is 0.277 e. The number of piperazine rings is 1. The van der Waals surface area contributed by atoms with Crippen molar-refractivity contribution in [2.45, 2.75) is 36.5 Å². The van der Waals surface area contributed by atoms with Crippen molar-refractivity contribution in [2.75, 3.05) is 31.5 Å². The van der Waals surface area contributed by atoms with Crippen LogP contribution in [0.1, 0.15) is 13.3 Å². The van der Waals surface area contributed by atoms with Crippen molar-refractivity contribution in [3.8, 4) is 0 Å². The van der Waals surface area contributed by atoms with Gasteiger partial charge in [0.15, 0.2) is 5.00 Å². The SMILES string of the molecule is C[C@H]1CN([C@H]2C[C@@H](C(=O)Nc3ccccc3)N(C(=O)/C=C/C3C=CC=CC3(Cl)n3cnnn3)C2)CCN1S(N)(=O)=O. The Morgan fingerprint density at radius 2 is 1.95 bits per heavy atom. The van der Waals surface area contributed by atoms with Gasteiger partial charge in [0.2, 0.25) is 11.8 Å². The van der Waals surface area contributed by atoms with E-state index in [1.807, 2.05) is 30.4 Å². The first kappa shape index (κ1) is 29.1. The first-order valence-corrected chi connectivity index (χ1v) is 15.1. The zero-order chi connectivity index (χ0) is 29.2. The molecule has 0 saturated carbocycles. The highest BCUT2D eigenvalue weighted by atomic mass is 35.5. The zero-order valence-corrected chi connectivity index (χ0v) is 24.0. The summed E-state index contributed by atoms with van der Waals surface area (Å²) >= 11 is 6.88. The Hall–Kier alpha value is -3.43. The molecule has 3 heterocycles. The molecule has 1 aromatic carbocycles. The number of hydrogen-bond donors (Lipinski definition) is 2. The number of carbonyl (C=O) groups is 2. The molecule has 0 spiro atoms. The molecule has 41 heavy (non-hydrogen) atoms. The summed E-state index contributed by atoms with van der Waals surface area (Å²) in [5.74, 6) is -1.07. The number of alkyl halides is 1. The summed E-state index contributed by atoms with van der Waals surface area (Å²) in [7, 11) is -3.82. The van der Waals surface area contributed by atoms with Crippen LogP contribution in [-0.2, 0) is 24.8 Å². The quantitative estimate of drug-likeness (QED) is 0.346. The number of likely N-dealkylation sites (tertiary alicyclic amines) is 1. The molecule has 2 aliphatic heterocycles. The van der Waals surface area contributed by atoms with Crippen LogP contribution >= 0.6 is 11.6 Å². The van der Waals surface area contributed by atoms with Gasteiger partial charge in [-0.1, -0.05) is 54.1 Å². The van der Waals surface area contributed by atoms with Crippen molar-refractivity contribution in [1.29, 1.82) is 0 Å². The maximum atomic E-state index is 13.6. The average molecular weight is 602 g/mol. The molecule has 1 aliphatic carbocycles. The van der Waals surface area contributed by atoms with Gasteiger partial charge in [-0.05, 0) is 48.1 Å². The fraction of sp³-hybridized carbons (Fsp3) is 0.423. The van der Waals surface area contributed by atoms with Crippen molar-refractivity contribution in [3.05, 3.63) is 73.1 Å². The van der Waals surface area contributed by atoms with Crippen LogP contribution in [0.2, 0.25) is 0 Å². The van der Waals surface area contributed by atoms with Gasteiger partial charge >= 0.3 is 0 Å². The molecule has 2 unspecified atom stereocenters. The third-order valence-corrected chi connectivity index (χ3v) is 9.47. The molecular formula is C26H32ClN9O4S. The lowest BCUT2D eigenvalue weighted by molar-refractivity contribution is -0.132. The number of halogens is 1. The van der Waals surface area contributed by atoms with E-state index in [1.165, 1.54) is 21.4 Å². The number of nitrogens with two attached hydrogens (primary N) is 1. The topological polar surface area (TPSA) is 160 Å². The lowest BCUT2D eigenvalue weighted by Gasteiger charge is -2.40. The summed E-state index contributed by atoms with van der Waals surface area (Å²) in [4.78, 5) is 29.6. The predicted octanol–water partition coefficient (Wildman–Crippen LogP) is 0.681. The van der Waals surface area contributed by atoms with E-state index < -0.39 is 27.2 Å². The Bertz CT molecular complexity index is 1450. The van der Waals surface area contributed by atoms with Gasteiger partial charge in [0.1, 0.15) is 12.4 Å². The van der Waals surface area contributed by atoms with Crippen LogP contribution in [-0.4, -0.2) is 98.8 Å². The normalized spacial score (nSPS) is 29.3. The van der Waals surface area contributed by atoms with Crippen LogP contribution in [0, 0.1) is 5.92 Å².